The van der Waals surface area contributed by atoms with E-state index in [2.05, 4.69) is 31.6 Å². The predicted molar refractivity (Wildman–Crippen MR) is 56.4 cm³/mol. The molecule has 0 bridgehead atoms. The SMILES string of the molecule is NO[P+](=O)O.NO[P+](=O)O.NO[P+](=O)O.P. The average molecular weight is 322 g/mol. The Bertz CT molecular complexity index is 162. The van der Waals surface area contributed by atoms with E-state index in [1.165, 1.54) is 0 Å². The first-order valence-electron chi connectivity index (χ1n) is 2.40. The molecule has 0 aliphatic carbocycles. The zero-order valence-electron chi connectivity index (χ0n) is 7.57. The Morgan fingerprint density at radius 1 is 0.688 bits per heavy atom. The Morgan fingerprint density at radius 2 is 0.750 bits per heavy atom. The van der Waals surface area contributed by atoms with E-state index < -0.39 is 24.8 Å². The number of hydrogen-bond donors (Lipinski definition) is 6. The molecular formula is H12N3O9P4+3. The summed E-state index contributed by atoms with van der Waals surface area (Å²) >= 11 is 0. The van der Waals surface area contributed by atoms with E-state index in [1.807, 2.05) is 0 Å². The van der Waals surface area contributed by atoms with Crippen molar-refractivity contribution < 1.29 is 42.2 Å². The summed E-state index contributed by atoms with van der Waals surface area (Å²) in [5.74, 6) is 12.4. The number of rotatable bonds is 3. The Hall–Kier alpha value is 0.370. The molecule has 12 nitrogen and oxygen atoms in total. The highest BCUT2D eigenvalue weighted by atomic mass is 31.1. The molecular weight excluding hydrogens is 310 g/mol. The maximum atomic E-state index is 9.17. The minimum atomic E-state index is -2.57. The molecule has 0 amide bonds. The van der Waals surface area contributed by atoms with Crippen LogP contribution in [0.25, 0.3) is 0 Å². The second-order valence-electron chi connectivity index (χ2n) is 1.03. The smallest absolute Gasteiger partial charge is 0.162 e. The Morgan fingerprint density at radius 3 is 0.750 bits per heavy atom. The number of nitrogens with two attached hydrogens (primary N) is 3. The van der Waals surface area contributed by atoms with Crippen LogP contribution in [0.2, 0.25) is 0 Å². The van der Waals surface area contributed by atoms with E-state index in [1.54, 1.807) is 0 Å². The highest BCUT2D eigenvalue weighted by Gasteiger charge is 2.05. The predicted octanol–water partition coefficient (Wildman–Crippen LogP) is -1.36. The van der Waals surface area contributed by atoms with E-state index in [0.717, 1.165) is 0 Å². The van der Waals surface area contributed by atoms with Crippen molar-refractivity contribution in [3.8, 4) is 0 Å². The van der Waals surface area contributed by atoms with Crippen LogP contribution < -0.4 is 17.7 Å². The lowest BCUT2D eigenvalue weighted by Crippen LogP contribution is -1.84. The molecule has 0 aromatic rings. The van der Waals surface area contributed by atoms with Gasteiger partial charge in [-0.1, -0.05) is 0 Å². The summed E-state index contributed by atoms with van der Waals surface area (Å²) in [7, 11) is -7.71. The molecule has 0 fully saturated rings. The van der Waals surface area contributed by atoms with Crippen LogP contribution in [-0.2, 0) is 27.6 Å². The van der Waals surface area contributed by atoms with Crippen molar-refractivity contribution in [2.45, 2.75) is 0 Å². The van der Waals surface area contributed by atoms with Gasteiger partial charge in [0.2, 0.25) is 0 Å². The van der Waals surface area contributed by atoms with Crippen LogP contribution in [0.4, 0.5) is 0 Å². The molecule has 16 heteroatoms. The van der Waals surface area contributed by atoms with Crippen LogP contribution in [0.3, 0.4) is 0 Å². The third-order valence-electron chi connectivity index (χ3n) is 0.271. The second kappa shape index (κ2) is 20.7. The lowest BCUT2D eigenvalue weighted by molar-refractivity contribution is 0.291. The van der Waals surface area contributed by atoms with Crippen LogP contribution in [0.1, 0.15) is 0 Å². The van der Waals surface area contributed by atoms with E-state index in [-0.39, 0.29) is 9.90 Å². The summed E-state index contributed by atoms with van der Waals surface area (Å²) in [6.45, 7) is 0. The van der Waals surface area contributed by atoms with E-state index in [9.17, 15) is 0 Å². The van der Waals surface area contributed by atoms with E-state index >= 15 is 0 Å². The van der Waals surface area contributed by atoms with Crippen molar-refractivity contribution >= 4 is 34.7 Å². The molecule has 0 aliphatic heterocycles. The highest BCUT2D eigenvalue weighted by Crippen LogP contribution is 2.08. The fraction of sp³-hybridized carbons (Fsp3) is 0. The average Bonchev–Trinajstić information content (AvgIpc) is 2.19. The van der Waals surface area contributed by atoms with Crippen molar-refractivity contribution in [3.05, 3.63) is 0 Å². The maximum absolute atomic E-state index is 9.17. The van der Waals surface area contributed by atoms with Crippen LogP contribution >= 0.6 is 34.7 Å². The molecule has 0 saturated heterocycles. The summed E-state index contributed by atoms with van der Waals surface area (Å²) in [6.07, 6.45) is 0. The van der Waals surface area contributed by atoms with Gasteiger partial charge in [-0.3, -0.25) is 0 Å². The Kier molecular flexibility index (Phi) is 32.8. The van der Waals surface area contributed by atoms with E-state index in [0.29, 0.717) is 0 Å². The second-order valence-corrected chi connectivity index (χ2v) is 3.09. The first kappa shape index (κ1) is 25.3. The summed E-state index contributed by atoms with van der Waals surface area (Å²) in [5, 5.41) is 0. The lowest BCUT2D eigenvalue weighted by atomic mass is 13.6. The van der Waals surface area contributed by atoms with Crippen LogP contribution in [0.15, 0.2) is 0 Å². The molecule has 0 radical (unpaired) electrons. The highest BCUT2D eigenvalue weighted by molar-refractivity contribution is 7.32. The standard InChI is InChI=1S/3H2NO3P.H3P/c3*1-4-5(2)3;/h3*1H2;1H3/p+3. The molecule has 0 rings (SSSR count). The molecule has 0 aromatic carbocycles. The first-order valence-corrected chi connectivity index (χ1v) is 5.79. The van der Waals surface area contributed by atoms with Crippen molar-refractivity contribution in [1.29, 1.82) is 0 Å². The molecule has 4 unspecified atom stereocenters. The van der Waals surface area contributed by atoms with Gasteiger partial charge in [-0.25, -0.2) is 0 Å². The summed E-state index contributed by atoms with van der Waals surface area (Å²) in [4.78, 5) is 22.6. The van der Waals surface area contributed by atoms with Gasteiger partial charge in [-0.05, 0) is 13.9 Å². The molecule has 0 heterocycles. The molecule has 9 N–H and O–H groups in total. The van der Waals surface area contributed by atoms with Gasteiger partial charge >= 0.3 is 24.8 Å². The van der Waals surface area contributed by atoms with Crippen molar-refractivity contribution in [1.82, 2.24) is 0 Å². The first-order chi connectivity index (χ1) is 6.81. The zero-order chi connectivity index (χ0) is 12.9. The van der Waals surface area contributed by atoms with Gasteiger partial charge < -0.3 is 0 Å². The third kappa shape index (κ3) is 63.3. The maximum Gasteiger partial charge on any atom is 0.713 e. The fourth-order valence-corrected chi connectivity index (χ4v) is 0. The van der Waals surface area contributed by atoms with Gasteiger partial charge in [0.25, 0.3) is 0 Å². The normalized spacial score (nSPS) is 10.5. The van der Waals surface area contributed by atoms with Crippen LogP contribution in [-0.4, -0.2) is 14.7 Å². The molecule has 0 aliphatic rings. The Balaban J connectivity index is -0.0000000655. The van der Waals surface area contributed by atoms with Crippen LogP contribution in [0.5, 0.6) is 0 Å². The zero-order valence-corrected chi connectivity index (χ0v) is 11.7. The van der Waals surface area contributed by atoms with Crippen molar-refractivity contribution in [2.75, 3.05) is 0 Å². The summed E-state index contributed by atoms with van der Waals surface area (Å²) in [5.41, 5.74) is 0. The van der Waals surface area contributed by atoms with Gasteiger partial charge in [0.1, 0.15) is 0 Å². The topological polar surface area (TPSA) is 218 Å². The molecule has 98 valence electrons. The monoisotopic (exact) mass is 322 g/mol. The van der Waals surface area contributed by atoms with Gasteiger partial charge in [-0.15, -0.1) is 14.7 Å². The largest absolute Gasteiger partial charge is 0.713 e. The summed E-state index contributed by atoms with van der Waals surface area (Å²) < 4.78 is 37.5. The van der Waals surface area contributed by atoms with Gasteiger partial charge in [-0.2, -0.15) is 27.6 Å². The van der Waals surface area contributed by atoms with Crippen molar-refractivity contribution in [3.63, 3.8) is 0 Å². The Labute approximate surface area is 95.4 Å². The number of hydrogen-bond acceptors (Lipinski definition) is 9. The third-order valence-corrected chi connectivity index (χ3v) is 0.812. The molecule has 16 heavy (non-hydrogen) atoms. The quantitative estimate of drug-likeness (QED) is 0.262. The minimum absolute atomic E-state index is 0. The summed E-state index contributed by atoms with van der Waals surface area (Å²) in [6, 6.07) is 0. The van der Waals surface area contributed by atoms with Gasteiger partial charge in [0.15, 0.2) is 0 Å². The molecule has 0 spiro atoms. The lowest BCUT2D eigenvalue weighted by Gasteiger charge is -1.55. The molecule has 0 saturated carbocycles. The minimum Gasteiger partial charge on any atom is -0.162 e. The van der Waals surface area contributed by atoms with Crippen molar-refractivity contribution in [2.24, 2.45) is 17.7 Å². The molecule has 4 atom stereocenters. The van der Waals surface area contributed by atoms with Gasteiger partial charge in [0, 0.05) is 13.7 Å². The van der Waals surface area contributed by atoms with Crippen LogP contribution in [0, 0.1) is 0 Å². The van der Waals surface area contributed by atoms with E-state index in [4.69, 9.17) is 28.4 Å². The molecule has 0 aromatic heterocycles. The fourth-order valence-electron chi connectivity index (χ4n) is 0. The van der Waals surface area contributed by atoms with Gasteiger partial charge in [0.05, 0.1) is 0 Å².